The number of aliphatic hydroxyl groups excluding tert-OH is 1. The molecule has 0 radical (unpaired) electrons. The van der Waals surface area contributed by atoms with Crippen molar-refractivity contribution < 1.29 is 29.3 Å². The number of allylic oxidation sites excluding steroid dienone is 2. The molecule has 0 spiro atoms. The fraction of sp³-hybridized carbons (Fsp3) is 0.579. The second-order valence-corrected chi connectivity index (χ2v) is 7.07. The number of carbonyl (C=O) groups is 2. The normalized spacial score (nSPS) is 29.0. The summed E-state index contributed by atoms with van der Waals surface area (Å²) >= 11 is 0. The fourth-order valence-corrected chi connectivity index (χ4v) is 2.94. The van der Waals surface area contributed by atoms with Gasteiger partial charge in [0.25, 0.3) is 0 Å². The van der Waals surface area contributed by atoms with Crippen LogP contribution < -0.4 is 0 Å². The Morgan fingerprint density at radius 2 is 2.12 bits per heavy atom. The van der Waals surface area contributed by atoms with Gasteiger partial charge in [0, 0.05) is 17.9 Å². The highest BCUT2D eigenvalue weighted by Crippen LogP contribution is 2.34. The lowest BCUT2D eigenvalue weighted by Gasteiger charge is -2.20. The summed E-state index contributed by atoms with van der Waals surface area (Å²) in [5, 5.41) is 19.2. The molecule has 1 fully saturated rings. The van der Waals surface area contributed by atoms with Gasteiger partial charge in [0.1, 0.15) is 12.7 Å². The van der Waals surface area contributed by atoms with Crippen LogP contribution in [0.3, 0.4) is 0 Å². The summed E-state index contributed by atoms with van der Waals surface area (Å²) in [5.41, 5.74) is 0.629. The van der Waals surface area contributed by atoms with Crippen LogP contribution in [-0.2, 0) is 19.1 Å². The highest BCUT2D eigenvalue weighted by molar-refractivity contribution is 5.90. The molecule has 0 aromatic carbocycles. The van der Waals surface area contributed by atoms with E-state index in [0.717, 1.165) is 11.1 Å². The second kappa shape index (κ2) is 7.97. The van der Waals surface area contributed by atoms with Crippen LogP contribution in [0.25, 0.3) is 0 Å². The van der Waals surface area contributed by atoms with Gasteiger partial charge in [-0.3, -0.25) is 0 Å². The molecule has 6 nitrogen and oxygen atoms in total. The predicted octanol–water partition coefficient (Wildman–Crippen LogP) is 1.82. The lowest BCUT2D eigenvalue weighted by Crippen LogP contribution is -2.33. The first-order chi connectivity index (χ1) is 11.7. The molecule has 25 heavy (non-hydrogen) atoms. The second-order valence-electron chi connectivity index (χ2n) is 7.07. The Morgan fingerprint density at radius 3 is 2.76 bits per heavy atom. The molecule has 0 aromatic heterocycles. The van der Waals surface area contributed by atoms with E-state index < -0.39 is 17.5 Å². The summed E-state index contributed by atoms with van der Waals surface area (Å²) in [6.07, 6.45) is 5.98. The van der Waals surface area contributed by atoms with Gasteiger partial charge in [-0.1, -0.05) is 18.7 Å². The molecule has 0 aromatic rings. The van der Waals surface area contributed by atoms with Crippen molar-refractivity contribution in [1.29, 1.82) is 0 Å². The molecule has 2 rings (SSSR count). The fourth-order valence-electron chi connectivity index (χ4n) is 2.94. The third kappa shape index (κ3) is 5.03. The average molecular weight is 350 g/mol. The van der Waals surface area contributed by atoms with E-state index in [9.17, 15) is 19.8 Å². The minimum absolute atomic E-state index is 0.0834. The molecule has 1 saturated heterocycles. The van der Waals surface area contributed by atoms with Crippen LogP contribution in [0.2, 0.25) is 0 Å². The Kier molecular flexibility index (Phi) is 6.19. The summed E-state index contributed by atoms with van der Waals surface area (Å²) in [6, 6.07) is 0. The summed E-state index contributed by atoms with van der Waals surface area (Å²) in [6.45, 7) is 6.58. The van der Waals surface area contributed by atoms with Crippen LogP contribution in [0.4, 0.5) is 0 Å². The van der Waals surface area contributed by atoms with Gasteiger partial charge in [-0.2, -0.15) is 0 Å². The standard InChI is InChI=1S/C19H26O6/c1-12-15-8-7-13(11-24-18(22)19(2,3)23)5-4-6-14(10-20)9-16(15)25-17(12)21/h6-7,15-16,20,23H,1,4-5,8-11H2,2-3H3/b13-7-,14-6-/t15-,16+/m1/s1. The first kappa shape index (κ1) is 19.4. The van der Waals surface area contributed by atoms with Crippen LogP contribution in [-0.4, -0.2) is 47.1 Å². The van der Waals surface area contributed by atoms with Crippen LogP contribution in [0.15, 0.2) is 35.5 Å². The van der Waals surface area contributed by atoms with Crippen LogP contribution in [0.5, 0.6) is 0 Å². The highest BCUT2D eigenvalue weighted by Gasteiger charge is 2.38. The first-order valence-electron chi connectivity index (χ1n) is 8.48. The van der Waals surface area contributed by atoms with Gasteiger partial charge in [-0.05, 0) is 44.3 Å². The van der Waals surface area contributed by atoms with Crippen molar-refractivity contribution >= 4 is 11.9 Å². The molecule has 2 atom stereocenters. The van der Waals surface area contributed by atoms with Gasteiger partial charge in [0.2, 0.25) is 0 Å². The third-order valence-corrected chi connectivity index (χ3v) is 4.53. The lowest BCUT2D eigenvalue weighted by atomic mass is 9.87. The molecule has 2 N–H and O–H groups in total. The number of rotatable bonds is 4. The SMILES string of the molecule is C=C1C(=O)O[C@H]2C/C(CO)=C/CC/C(COC(=O)C(C)(C)O)=C/C[C@H]12. The van der Waals surface area contributed by atoms with E-state index in [1.165, 1.54) is 13.8 Å². The molecule has 0 saturated carbocycles. The predicted molar refractivity (Wildman–Crippen MR) is 91.5 cm³/mol. The molecule has 6 heteroatoms. The maximum absolute atomic E-state index is 11.8. The molecule has 1 aliphatic heterocycles. The molecule has 0 bridgehead atoms. The van der Waals surface area contributed by atoms with E-state index in [4.69, 9.17) is 9.47 Å². The van der Waals surface area contributed by atoms with Gasteiger partial charge in [0.15, 0.2) is 5.60 Å². The Balaban J connectivity index is 2.13. The maximum Gasteiger partial charge on any atom is 0.337 e. The van der Waals surface area contributed by atoms with Crippen molar-refractivity contribution in [3.63, 3.8) is 0 Å². The number of aliphatic hydroxyl groups is 2. The molecule has 1 heterocycles. The quantitative estimate of drug-likeness (QED) is 0.456. The van der Waals surface area contributed by atoms with Gasteiger partial charge >= 0.3 is 11.9 Å². The molecule has 2 aliphatic rings. The van der Waals surface area contributed by atoms with Gasteiger partial charge in [0.05, 0.1) is 6.61 Å². The van der Waals surface area contributed by atoms with Crippen molar-refractivity contribution in [2.45, 2.75) is 51.2 Å². The van der Waals surface area contributed by atoms with E-state index in [0.29, 0.717) is 31.3 Å². The minimum atomic E-state index is -1.54. The monoisotopic (exact) mass is 350 g/mol. The smallest absolute Gasteiger partial charge is 0.337 e. The van der Waals surface area contributed by atoms with Gasteiger partial charge in [-0.25, -0.2) is 9.59 Å². The topological polar surface area (TPSA) is 93.1 Å². The summed E-state index contributed by atoms with van der Waals surface area (Å²) in [5.74, 6) is -1.23. The molecular formula is C19H26O6. The maximum atomic E-state index is 11.8. The van der Waals surface area contributed by atoms with Crippen molar-refractivity contribution in [3.05, 3.63) is 35.5 Å². The molecule has 0 amide bonds. The zero-order valence-electron chi connectivity index (χ0n) is 14.8. The molecule has 138 valence electrons. The first-order valence-corrected chi connectivity index (χ1v) is 8.48. The lowest BCUT2D eigenvalue weighted by molar-refractivity contribution is -0.160. The van der Waals surface area contributed by atoms with E-state index in [1.54, 1.807) is 0 Å². The third-order valence-electron chi connectivity index (χ3n) is 4.53. The molecule has 1 aliphatic carbocycles. The summed E-state index contributed by atoms with van der Waals surface area (Å²) in [4.78, 5) is 23.6. The number of hydrogen-bond donors (Lipinski definition) is 2. The Hall–Kier alpha value is -1.92. The van der Waals surface area contributed by atoms with E-state index in [2.05, 4.69) is 6.58 Å². The van der Waals surface area contributed by atoms with Crippen molar-refractivity contribution in [3.8, 4) is 0 Å². The summed E-state index contributed by atoms with van der Waals surface area (Å²) in [7, 11) is 0. The zero-order valence-corrected chi connectivity index (χ0v) is 14.8. The van der Waals surface area contributed by atoms with Crippen molar-refractivity contribution in [2.24, 2.45) is 5.92 Å². The van der Waals surface area contributed by atoms with E-state index in [1.807, 2.05) is 12.2 Å². The van der Waals surface area contributed by atoms with E-state index in [-0.39, 0.29) is 25.2 Å². The van der Waals surface area contributed by atoms with Crippen LogP contribution in [0.1, 0.15) is 39.5 Å². The Bertz CT molecular complexity index is 608. The van der Waals surface area contributed by atoms with Crippen molar-refractivity contribution in [1.82, 2.24) is 0 Å². The highest BCUT2D eigenvalue weighted by atomic mass is 16.6. The Labute approximate surface area is 147 Å². The summed E-state index contributed by atoms with van der Waals surface area (Å²) < 4.78 is 10.6. The Morgan fingerprint density at radius 1 is 1.40 bits per heavy atom. The van der Waals surface area contributed by atoms with Gasteiger partial charge in [-0.15, -0.1) is 0 Å². The number of ether oxygens (including phenoxy) is 2. The number of fused-ring (bicyclic) bond motifs is 1. The van der Waals surface area contributed by atoms with Crippen LogP contribution in [0, 0.1) is 5.92 Å². The average Bonchev–Trinajstić information content (AvgIpc) is 2.81. The largest absolute Gasteiger partial charge is 0.459 e. The van der Waals surface area contributed by atoms with Crippen molar-refractivity contribution in [2.75, 3.05) is 13.2 Å². The molecular weight excluding hydrogens is 324 g/mol. The van der Waals surface area contributed by atoms with Crippen LogP contribution >= 0.6 is 0 Å². The number of hydrogen-bond acceptors (Lipinski definition) is 6. The number of carbonyl (C=O) groups excluding carboxylic acids is 2. The minimum Gasteiger partial charge on any atom is -0.459 e. The van der Waals surface area contributed by atoms with E-state index >= 15 is 0 Å². The number of esters is 2. The zero-order chi connectivity index (χ0) is 18.6. The van der Waals surface area contributed by atoms with Gasteiger partial charge < -0.3 is 19.7 Å². The molecule has 0 unspecified atom stereocenters.